The van der Waals surface area contributed by atoms with Crippen LogP contribution in [0, 0.1) is 0 Å². The second-order valence-corrected chi connectivity index (χ2v) is 6.21. The van der Waals surface area contributed by atoms with Crippen LogP contribution in [0.1, 0.15) is 16.3 Å². The van der Waals surface area contributed by atoms with Gasteiger partial charge in [-0.2, -0.15) is 0 Å². The maximum Gasteiger partial charge on any atom is 0.248 e. The number of thiazole rings is 1. The van der Waals surface area contributed by atoms with Crippen LogP contribution in [0.5, 0.6) is 0 Å². The quantitative estimate of drug-likeness (QED) is 0.901. The van der Waals surface area contributed by atoms with Gasteiger partial charge >= 0.3 is 0 Å². The highest BCUT2D eigenvalue weighted by Crippen LogP contribution is 2.24. The van der Waals surface area contributed by atoms with Crippen LogP contribution < -0.4 is 11.3 Å². The van der Waals surface area contributed by atoms with Gasteiger partial charge in [0.2, 0.25) is 5.56 Å². The Morgan fingerprint density at radius 1 is 1.38 bits per heavy atom. The summed E-state index contributed by atoms with van der Waals surface area (Å²) >= 11 is 1.61. The largest absolute Gasteiger partial charge is 0.375 e. The van der Waals surface area contributed by atoms with Crippen LogP contribution >= 0.6 is 11.3 Å². The van der Waals surface area contributed by atoms with Gasteiger partial charge in [-0.25, -0.2) is 4.98 Å². The molecular weight excluding hydrogens is 284 g/mol. The lowest BCUT2D eigenvalue weighted by Crippen LogP contribution is -2.26. The Balaban J connectivity index is 1.57. The Morgan fingerprint density at radius 2 is 2.24 bits per heavy atom. The molecule has 2 aromatic heterocycles. The third-order valence-electron chi connectivity index (χ3n) is 3.57. The molecule has 0 saturated heterocycles. The third-order valence-corrected chi connectivity index (χ3v) is 4.55. The van der Waals surface area contributed by atoms with Crippen molar-refractivity contribution in [2.24, 2.45) is 0 Å². The molecule has 3 rings (SSSR count). The van der Waals surface area contributed by atoms with Crippen LogP contribution in [-0.4, -0.2) is 34.5 Å². The van der Waals surface area contributed by atoms with E-state index in [2.05, 4.69) is 20.9 Å². The molecular formula is C15H18N4OS. The van der Waals surface area contributed by atoms with E-state index >= 15 is 0 Å². The van der Waals surface area contributed by atoms with Gasteiger partial charge in [0.1, 0.15) is 0 Å². The SMILES string of the molecule is Nc1nc2c(s1)CCN(CC=Cc1cccc(=O)[nH]1)CC2. The Bertz CT molecular complexity index is 678. The summed E-state index contributed by atoms with van der Waals surface area (Å²) < 4.78 is 0. The summed E-state index contributed by atoms with van der Waals surface area (Å²) in [5.74, 6) is 0. The summed E-state index contributed by atoms with van der Waals surface area (Å²) in [6, 6.07) is 5.17. The highest BCUT2D eigenvalue weighted by molar-refractivity contribution is 7.15. The maximum absolute atomic E-state index is 11.2. The van der Waals surface area contributed by atoms with Crippen molar-refractivity contribution in [1.82, 2.24) is 14.9 Å². The monoisotopic (exact) mass is 302 g/mol. The standard InChI is InChI=1S/C15H18N4OS/c16-15-18-12-6-9-19(10-7-13(12)21-15)8-2-4-11-3-1-5-14(20)17-11/h1-5H,6-10H2,(H2,16,18)(H,17,20). The molecule has 2 aromatic rings. The molecule has 110 valence electrons. The highest BCUT2D eigenvalue weighted by atomic mass is 32.1. The first-order valence-corrected chi connectivity index (χ1v) is 7.84. The smallest absolute Gasteiger partial charge is 0.248 e. The van der Waals surface area contributed by atoms with Gasteiger partial charge < -0.3 is 10.7 Å². The Labute approximate surface area is 127 Å². The molecule has 0 fully saturated rings. The normalized spacial score (nSPS) is 16.0. The summed E-state index contributed by atoms with van der Waals surface area (Å²) in [6.07, 6.45) is 6.02. The molecule has 0 aromatic carbocycles. The number of aromatic nitrogens is 2. The van der Waals surface area contributed by atoms with Crippen molar-refractivity contribution in [3.8, 4) is 0 Å². The number of nitrogens with two attached hydrogens (primary N) is 1. The molecule has 1 aliphatic heterocycles. The average Bonchev–Trinajstić information content (AvgIpc) is 2.71. The molecule has 0 aliphatic carbocycles. The fraction of sp³-hybridized carbons (Fsp3) is 0.333. The molecule has 0 spiro atoms. The van der Waals surface area contributed by atoms with Crippen molar-refractivity contribution in [2.45, 2.75) is 12.8 Å². The minimum absolute atomic E-state index is 0.0694. The fourth-order valence-electron chi connectivity index (χ4n) is 2.50. The van der Waals surface area contributed by atoms with Crippen LogP contribution in [0.25, 0.3) is 6.08 Å². The summed E-state index contributed by atoms with van der Waals surface area (Å²) in [6.45, 7) is 2.89. The Kier molecular flexibility index (Phi) is 4.17. The van der Waals surface area contributed by atoms with Gasteiger partial charge in [0.25, 0.3) is 0 Å². The van der Waals surface area contributed by atoms with E-state index in [-0.39, 0.29) is 5.56 Å². The van der Waals surface area contributed by atoms with Crippen molar-refractivity contribution < 1.29 is 0 Å². The van der Waals surface area contributed by atoms with Gasteiger partial charge in [-0.15, -0.1) is 11.3 Å². The number of nitrogen functional groups attached to an aromatic ring is 1. The third kappa shape index (κ3) is 3.59. The van der Waals surface area contributed by atoms with E-state index in [0.717, 1.165) is 43.9 Å². The molecule has 5 nitrogen and oxygen atoms in total. The molecule has 3 N–H and O–H groups in total. The molecule has 0 unspecified atom stereocenters. The first-order valence-electron chi connectivity index (χ1n) is 7.03. The predicted molar refractivity (Wildman–Crippen MR) is 86.5 cm³/mol. The topological polar surface area (TPSA) is 75.0 Å². The number of H-pyrrole nitrogens is 1. The molecule has 0 atom stereocenters. The van der Waals surface area contributed by atoms with Gasteiger partial charge in [0, 0.05) is 42.7 Å². The molecule has 1 aliphatic rings. The molecule has 0 radical (unpaired) electrons. The lowest BCUT2D eigenvalue weighted by atomic mass is 10.2. The van der Waals surface area contributed by atoms with E-state index in [1.54, 1.807) is 17.4 Å². The summed E-state index contributed by atoms with van der Waals surface area (Å²) in [5, 5.41) is 0.682. The van der Waals surface area contributed by atoms with Crippen LogP contribution in [-0.2, 0) is 12.8 Å². The summed E-state index contributed by atoms with van der Waals surface area (Å²) in [7, 11) is 0. The lowest BCUT2D eigenvalue weighted by Gasteiger charge is -2.17. The van der Waals surface area contributed by atoms with E-state index in [0.29, 0.717) is 5.13 Å². The van der Waals surface area contributed by atoms with Crippen molar-refractivity contribution in [1.29, 1.82) is 0 Å². The van der Waals surface area contributed by atoms with E-state index in [1.807, 2.05) is 12.1 Å². The number of anilines is 1. The van der Waals surface area contributed by atoms with Gasteiger partial charge in [-0.1, -0.05) is 12.1 Å². The molecule has 3 heterocycles. The second kappa shape index (κ2) is 6.24. The number of nitrogens with one attached hydrogen (secondary N) is 1. The molecule has 21 heavy (non-hydrogen) atoms. The van der Waals surface area contributed by atoms with Crippen LogP contribution in [0.3, 0.4) is 0 Å². The lowest BCUT2D eigenvalue weighted by molar-refractivity contribution is 0.318. The van der Waals surface area contributed by atoms with E-state index in [4.69, 9.17) is 5.73 Å². The van der Waals surface area contributed by atoms with Crippen molar-refractivity contribution in [2.75, 3.05) is 25.4 Å². The molecule has 0 saturated carbocycles. The first kappa shape index (κ1) is 14.0. The number of aromatic amines is 1. The minimum Gasteiger partial charge on any atom is -0.375 e. The zero-order valence-corrected chi connectivity index (χ0v) is 12.5. The van der Waals surface area contributed by atoms with Crippen molar-refractivity contribution in [3.05, 3.63) is 50.9 Å². The van der Waals surface area contributed by atoms with Gasteiger partial charge in [0.15, 0.2) is 5.13 Å². The van der Waals surface area contributed by atoms with Gasteiger partial charge in [-0.05, 0) is 18.6 Å². The number of nitrogens with zero attached hydrogens (tertiary/aromatic N) is 2. The Morgan fingerprint density at radius 3 is 3.10 bits per heavy atom. The number of fused-ring (bicyclic) bond motifs is 1. The zero-order valence-electron chi connectivity index (χ0n) is 11.7. The second-order valence-electron chi connectivity index (χ2n) is 5.10. The van der Waals surface area contributed by atoms with Gasteiger partial charge in [-0.3, -0.25) is 9.69 Å². The van der Waals surface area contributed by atoms with Crippen LogP contribution in [0.4, 0.5) is 5.13 Å². The zero-order chi connectivity index (χ0) is 14.7. The van der Waals surface area contributed by atoms with Crippen molar-refractivity contribution >= 4 is 22.5 Å². The molecule has 6 heteroatoms. The van der Waals surface area contributed by atoms with E-state index in [1.165, 1.54) is 10.9 Å². The molecule has 0 bridgehead atoms. The summed E-state index contributed by atoms with van der Waals surface area (Å²) in [5.41, 5.74) is 7.69. The first-order chi connectivity index (χ1) is 10.2. The average molecular weight is 302 g/mol. The summed E-state index contributed by atoms with van der Waals surface area (Å²) in [4.78, 5) is 22.1. The number of hydrogen-bond acceptors (Lipinski definition) is 5. The predicted octanol–water partition coefficient (Wildman–Crippen LogP) is 1.53. The van der Waals surface area contributed by atoms with Crippen LogP contribution in [0.15, 0.2) is 29.1 Å². The molecule has 0 amide bonds. The van der Waals surface area contributed by atoms with Crippen LogP contribution in [0.2, 0.25) is 0 Å². The van der Waals surface area contributed by atoms with E-state index < -0.39 is 0 Å². The minimum atomic E-state index is -0.0694. The number of rotatable bonds is 3. The number of pyridine rings is 1. The van der Waals surface area contributed by atoms with Crippen molar-refractivity contribution in [3.63, 3.8) is 0 Å². The van der Waals surface area contributed by atoms with Gasteiger partial charge in [0.05, 0.1) is 5.69 Å². The Hall–Kier alpha value is -1.92. The highest BCUT2D eigenvalue weighted by Gasteiger charge is 2.16. The maximum atomic E-state index is 11.2. The number of hydrogen-bond donors (Lipinski definition) is 2. The fourth-order valence-corrected chi connectivity index (χ4v) is 3.37. The van der Waals surface area contributed by atoms with E-state index in [9.17, 15) is 4.79 Å².